The summed E-state index contributed by atoms with van der Waals surface area (Å²) in [5.74, 6) is -0.993. The van der Waals surface area contributed by atoms with Crippen molar-refractivity contribution in [1.29, 1.82) is 0 Å². The van der Waals surface area contributed by atoms with Crippen LogP contribution in [0.2, 0.25) is 0 Å². The molecule has 88 valence electrons. The maximum atomic E-state index is 11.1. The lowest BCUT2D eigenvalue weighted by Gasteiger charge is -2.17. The van der Waals surface area contributed by atoms with E-state index in [1.165, 1.54) is 6.20 Å². The van der Waals surface area contributed by atoms with Gasteiger partial charge in [0.25, 0.3) is 0 Å². The Hall–Kier alpha value is -2.14. The number of aromatic nitrogens is 1. The zero-order valence-corrected chi connectivity index (χ0v) is 9.64. The second-order valence-electron chi connectivity index (χ2n) is 3.88. The van der Waals surface area contributed by atoms with E-state index in [9.17, 15) is 4.79 Å². The molecule has 0 bridgehead atoms. The largest absolute Gasteiger partial charge is 0.478 e. The van der Waals surface area contributed by atoms with Crippen LogP contribution in [0.5, 0.6) is 0 Å². The van der Waals surface area contributed by atoms with Gasteiger partial charge in [0.1, 0.15) is 5.56 Å². The third kappa shape index (κ3) is 2.19. The van der Waals surface area contributed by atoms with E-state index in [1.807, 2.05) is 24.3 Å². The monoisotopic (exact) mass is 231 g/mol. The fourth-order valence-electron chi connectivity index (χ4n) is 1.65. The predicted octanol–water partition coefficient (Wildman–Crippen LogP) is 1.82. The average Bonchev–Trinajstić information content (AvgIpc) is 2.28. The number of aromatic carboxylic acids is 1. The Balaban J connectivity index is 2.70. The number of fused-ring (bicyclic) bond motifs is 1. The summed E-state index contributed by atoms with van der Waals surface area (Å²) >= 11 is 0. The third-order valence-corrected chi connectivity index (χ3v) is 2.34. The highest BCUT2D eigenvalue weighted by Crippen LogP contribution is 2.25. The van der Waals surface area contributed by atoms with E-state index in [4.69, 9.17) is 5.11 Å². The molecular weight excluding hydrogens is 218 g/mol. The molecule has 0 aliphatic carbocycles. The number of benzene rings is 1. The highest BCUT2D eigenvalue weighted by atomic mass is 16.4. The molecule has 17 heavy (non-hydrogen) atoms. The van der Waals surface area contributed by atoms with Crippen molar-refractivity contribution in [3.05, 3.63) is 36.0 Å². The van der Waals surface area contributed by atoms with Gasteiger partial charge < -0.3 is 10.5 Å². The number of hydrogen-bond donors (Lipinski definition) is 2. The number of carboxylic acids is 1. The van der Waals surface area contributed by atoms with Crippen LogP contribution in [-0.4, -0.2) is 35.2 Å². The van der Waals surface area contributed by atoms with Crippen molar-refractivity contribution in [1.82, 2.24) is 9.99 Å². The van der Waals surface area contributed by atoms with Crippen LogP contribution in [0.4, 0.5) is 5.69 Å². The summed E-state index contributed by atoms with van der Waals surface area (Å²) in [6.07, 6.45) is 1.37. The molecule has 0 saturated carbocycles. The molecule has 2 rings (SSSR count). The van der Waals surface area contributed by atoms with Gasteiger partial charge >= 0.3 is 5.97 Å². The van der Waals surface area contributed by atoms with E-state index in [-0.39, 0.29) is 5.56 Å². The lowest BCUT2D eigenvalue weighted by Crippen LogP contribution is -2.21. The van der Waals surface area contributed by atoms with E-state index in [1.54, 1.807) is 19.1 Å². The zero-order chi connectivity index (χ0) is 12.4. The van der Waals surface area contributed by atoms with Gasteiger partial charge in [-0.25, -0.2) is 9.80 Å². The van der Waals surface area contributed by atoms with Crippen LogP contribution in [0.3, 0.4) is 0 Å². The van der Waals surface area contributed by atoms with Crippen molar-refractivity contribution in [3.63, 3.8) is 0 Å². The van der Waals surface area contributed by atoms with Gasteiger partial charge in [-0.2, -0.15) is 0 Å². The Kier molecular flexibility index (Phi) is 2.93. The zero-order valence-electron chi connectivity index (χ0n) is 9.64. The number of nitrogens with zero attached hydrogens (tertiary/aromatic N) is 2. The summed E-state index contributed by atoms with van der Waals surface area (Å²) in [6.45, 7) is 0. The van der Waals surface area contributed by atoms with Crippen LogP contribution in [0.1, 0.15) is 10.4 Å². The third-order valence-electron chi connectivity index (χ3n) is 2.34. The Morgan fingerprint density at radius 1 is 1.35 bits per heavy atom. The van der Waals surface area contributed by atoms with E-state index in [0.29, 0.717) is 5.69 Å². The number of hydrazine groups is 1. The Morgan fingerprint density at radius 3 is 2.71 bits per heavy atom. The Labute approximate surface area is 98.7 Å². The lowest BCUT2D eigenvalue weighted by atomic mass is 10.1. The molecule has 0 spiro atoms. The minimum absolute atomic E-state index is 0.164. The minimum Gasteiger partial charge on any atom is -0.478 e. The first kappa shape index (κ1) is 11.3. The second-order valence-corrected chi connectivity index (χ2v) is 3.88. The Morgan fingerprint density at radius 2 is 2.06 bits per heavy atom. The molecule has 0 fully saturated rings. The van der Waals surface area contributed by atoms with Gasteiger partial charge in [0.05, 0.1) is 11.2 Å². The normalized spacial score (nSPS) is 10.8. The fraction of sp³-hybridized carbons (Fsp3) is 0.167. The number of pyridine rings is 1. The van der Waals surface area contributed by atoms with Crippen LogP contribution in [0, 0.1) is 0 Å². The number of hydrogen-bond acceptors (Lipinski definition) is 4. The molecule has 1 heterocycles. The molecule has 0 unspecified atom stereocenters. The van der Waals surface area contributed by atoms with Gasteiger partial charge in [0.15, 0.2) is 0 Å². The maximum Gasteiger partial charge on any atom is 0.339 e. The summed E-state index contributed by atoms with van der Waals surface area (Å²) < 4.78 is 0. The molecule has 5 nitrogen and oxygen atoms in total. The number of nitrogens with one attached hydrogen (secondary N) is 1. The van der Waals surface area contributed by atoms with E-state index in [0.717, 1.165) is 10.9 Å². The van der Waals surface area contributed by atoms with Gasteiger partial charge in [-0.1, -0.05) is 18.2 Å². The highest BCUT2D eigenvalue weighted by molar-refractivity contribution is 6.03. The minimum atomic E-state index is -0.993. The number of carbonyl (C=O) groups is 1. The molecule has 5 heteroatoms. The molecule has 1 aromatic heterocycles. The molecule has 2 aromatic rings. The lowest BCUT2D eigenvalue weighted by molar-refractivity contribution is 0.0697. The number of anilines is 1. The van der Waals surface area contributed by atoms with E-state index >= 15 is 0 Å². The van der Waals surface area contributed by atoms with Gasteiger partial charge in [-0.05, 0) is 6.07 Å². The van der Waals surface area contributed by atoms with Gasteiger partial charge in [0, 0.05) is 25.7 Å². The van der Waals surface area contributed by atoms with Gasteiger partial charge in [0.2, 0.25) is 0 Å². The molecule has 0 amide bonds. The summed E-state index contributed by atoms with van der Waals surface area (Å²) in [7, 11) is 3.61. The van der Waals surface area contributed by atoms with Crippen molar-refractivity contribution in [2.45, 2.75) is 0 Å². The van der Waals surface area contributed by atoms with Crippen LogP contribution < -0.4 is 5.43 Å². The smallest absolute Gasteiger partial charge is 0.339 e. The predicted molar refractivity (Wildman–Crippen MR) is 66.0 cm³/mol. The molecule has 2 N–H and O–H groups in total. The molecule has 0 atom stereocenters. The maximum absolute atomic E-state index is 11.1. The summed E-state index contributed by atoms with van der Waals surface area (Å²) in [4.78, 5) is 15.3. The molecule has 0 radical (unpaired) electrons. The SMILES string of the molecule is CN(C)Nc1c(C(=O)O)cnc2ccccc12. The van der Waals surface area contributed by atoms with Crippen molar-refractivity contribution in [2.75, 3.05) is 19.5 Å². The van der Waals surface area contributed by atoms with E-state index in [2.05, 4.69) is 10.4 Å². The standard InChI is InChI=1S/C12H13N3O2/c1-15(2)14-11-8-5-3-4-6-10(8)13-7-9(11)12(16)17/h3-7H,1-2H3,(H,13,14)(H,16,17). The van der Waals surface area contributed by atoms with Crippen LogP contribution in [-0.2, 0) is 0 Å². The number of carboxylic acid groups (broad SMARTS) is 1. The van der Waals surface area contributed by atoms with Crippen molar-refractivity contribution >= 4 is 22.6 Å². The summed E-state index contributed by atoms with van der Waals surface area (Å²) in [5.41, 5.74) is 4.50. The topological polar surface area (TPSA) is 65.5 Å². The number of rotatable bonds is 3. The van der Waals surface area contributed by atoms with Crippen LogP contribution in [0.25, 0.3) is 10.9 Å². The van der Waals surface area contributed by atoms with E-state index < -0.39 is 5.97 Å². The highest BCUT2D eigenvalue weighted by Gasteiger charge is 2.14. The molecule has 0 aliphatic heterocycles. The quantitative estimate of drug-likeness (QED) is 0.789. The Bertz CT molecular complexity index is 567. The first-order valence-electron chi connectivity index (χ1n) is 5.14. The van der Waals surface area contributed by atoms with Crippen molar-refractivity contribution in [2.24, 2.45) is 0 Å². The molecule has 0 aliphatic rings. The second kappa shape index (κ2) is 4.39. The average molecular weight is 231 g/mol. The summed E-state index contributed by atoms with van der Waals surface area (Å²) in [6, 6.07) is 7.42. The van der Waals surface area contributed by atoms with Crippen LogP contribution >= 0.6 is 0 Å². The molecule has 0 saturated heterocycles. The number of para-hydroxylation sites is 1. The van der Waals surface area contributed by atoms with Crippen molar-refractivity contribution in [3.8, 4) is 0 Å². The molecule has 1 aromatic carbocycles. The van der Waals surface area contributed by atoms with Gasteiger partial charge in [-0.3, -0.25) is 4.98 Å². The summed E-state index contributed by atoms with van der Waals surface area (Å²) in [5, 5.41) is 11.6. The first-order valence-corrected chi connectivity index (χ1v) is 5.14. The molecular formula is C12H13N3O2. The van der Waals surface area contributed by atoms with Crippen LogP contribution in [0.15, 0.2) is 30.5 Å². The van der Waals surface area contributed by atoms with Crippen molar-refractivity contribution < 1.29 is 9.90 Å². The first-order chi connectivity index (χ1) is 8.09. The fourth-order valence-corrected chi connectivity index (χ4v) is 1.65. The van der Waals surface area contributed by atoms with Gasteiger partial charge in [-0.15, -0.1) is 0 Å².